The second kappa shape index (κ2) is 8.64. The van der Waals surface area contributed by atoms with Gasteiger partial charge >= 0.3 is 0 Å². The lowest BCUT2D eigenvalue weighted by Crippen LogP contribution is -2.42. The number of hydrogen-bond donors (Lipinski definition) is 0. The average molecular weight is 448 g/mol. The van der Waals surface area contributed by atoms with Crippen LogP contribution in [0.15, 0.2) is 65.7 Å². The molecule has 0 aliphatic carbocycles. The van der Waals surface area contributed by atoms with Crippen molar-refractivity contribution >= 4 is 51.5 Å². The number of carbonyl (C=O) groups is 3. The van der Waals surface area contributed by atoms with Gasteiger partial charge in [-0.05, 0) is 36.0 Å². The number of morpholine rings is 1. The van der Waals surface area contributed by atoms with E-state index >= 15 is 0 Å². The van der Waals surface area contributed by atoms with Crippen molar-refractivity contribution in [2.75, 3.05) is 31.2 Å². The van der Waals surface area contributed by atoms with E-state index in [-0.39, 0.29) is 23.6 Å². The first-order valence-electron chi connectivity index (χ1n) is 10.4. The zero-order valence-electron chi connectivity index (χ0n) is 17.3. The fourth-order valence-corrected chi connectivity index (χ4v) is 4.82. The Balaban J connectivity index is 1.46. The molecule has 2 aromatic carbocycles. The second-order valence-corrected chi connectivity index (χ2v) is 8.57. The maximum absolute atomic E-state index is 13.0. The number of carbonyl (C=O) groups excluding carboxylic acids is 3. The molecule has 0 saturated carbocycles. The van der Waals surface area contributed by atoms with Crippen molar-refractivity contribution in [3.8, 4) is 0 Å². The van der Waals surface area contributed by atoms with Gasteiger partial charge in [0.2, 0.25) is 5.91 Å². The number of rotatable bonds is 4. The molecule has 2 aliphatic rings. The first kappa shape index (κ1) is 20.5. The summed E-state index contributed by atoms with van der Waals surface area (Å²) in [6.45, 7) is 2.51. The van der Waals surface area contributed by atoms with Crippen molar-refractivity contribution < 1.29 is 19.1 Å². The molecule has 2 fully saturated rings. The predicted molar refractivity (Wildman–Crippen MR) is 124 cm³/mol. The molecule has 162 valence electrons. The summed E-state index contributed by atoms with van der Waals surface area (Å²) in [5, 5.41) is 0.604. The van der Waals surface area contributed by atoms with Crippen LogP contribution in [0.25, 0.3) is 17.0 Å². The molecule has 0 spiro atoms. The number of anilines is 1. The molecular weight excluding hydrogens is 426 g/mol. The van der Waals surface area contributed by atoms with E-state index in [1.165, 1.54) is 4.90 Å². The molecule has 0 radical (unpaired) electrons. The van der Waals surface area contributed by atoms with Gasteiger partial charge in [0, 0.05) is 35.8 Å². The minimum Gasteiger partial charge on any atom is -0.378 e. The number of benzene rings is 2. The zero-order chi connectivity index (χ0) is 22.1. The Morgan fingerprint density at radius 3 is 2.50 bits per heavy atom. The van der Waals surface area contributed by atoms with Crippen LogP contribution >= 0.6 is 11.8 Å². The molecule has 7 nitrogen and oxygen atoms in total. The monoisotopic (exact) mass is 447 g/mol. The van der Waals surface area contributed by atoms with Crippen LogP contribution in [-0.2, 0) is 20.9 Å². The van der Waals surface area contributed by atoms with E-state index < -0.39 is 0 Å². The summed E-state index contributed by atoms with van der Waals surface area (Å²) in [6, 6.07) is 16.7. The maximum Gasteiger partial charge on any atom is 0.298 e. The van der Waals surface area contributed by atoms with Gasteiger partial charge in [0.05, 0.1) is 23.8 Å². The Kier molecular flexibility index (Phi) is 5.55. The van der Waals surface area contributed by atoms with Crippen molar-refractivity contribution in [1.82, 2.24) is 9.47 Å². The lowest BCUT2D eigenvalue weighted by Gasteiger charge is -2.27. The molecule has 3 aromatic rings. The van der Waals surface area contributed by atoms with Gasteiger partial charge < -0.3 is 14.2 Å². The lowest BCUT2D eigenvalue weighted by atomic mass is 10.1. The summed E-state index contributed by atoms with van der Waals surface area (Å²) in [5.74, 6) is -0.308. The van der Waals surface area contributed by atoms with Crippen LogP contribution in [0.1, 0.15) is 5.56 Å². The quantitative estimate of drug-likeness (QED) is 0.570. The molecule has 2 aliphatic heterocycles. The summed E-state index contributed by atoms with van der Waals surface area (Å²) in [6.07, 6.45) is 3.62. The summed E-state index contributed by atoms with van der Waals surface area (Å²) < 4.78 is 7.24. The Bertz CT molecular complexity index is 1230. The molecule has 0 atom stereocenters. The number of ether oxygens (including phenoxy) is 1. The van der Waals surface area contributed by atoms with Gasteiger partial charge in [-0.25, -0.2) is 4.90 Å². The van der Waals surface area contributed by atoms with Crippen molar-refractivity contribution in [2.24, 2.45) is 0 Å². The Morgan fingerprint density at radius 2 is 1.72 bits per heavy atom. The van der Waals surface area contributed by atoms with Crippen LogP contribution in [0, 0.1) is 0 Å². The highest BCUT2D eigenvalue weighted by Gasteiger charge is 2.36. The fraction of sp³-hybridized carbons (Fsp3) is 0.208. The molecule has 0 bridgehead atoms. The van der Waals surface area contributed by atoms with E-state index in [1.807, 2.05) is 46.0 Å². The predicted octanol–water partition coefficient (Wildman–Crippen LogP) is 3.74. The van der Waals surface area contributed by atoms with Crippen LogP contribution in [0.2, 0.25) is 0 Å². The van der Waals surface area contributed by atoms with Gasteiger partial charge in [-0.1, -0.05) is 36.4 Å². The van der Waals surface area contributed by atoms with Crippen LogP contribution in [0.5, 0.6) is 0 Å². The number of amides is 3. The molecule has 3 amide bonds. The third-order valence-electron chi connectivity index (χ3n) is 5.58. The number of nitrogens with zero attached hydrogens (tertiary/aromatic N) is 3. The van der Waals surface area contributed by atoms with Crippen molar-refractivity contribution in [2.45, 2.75) is 6.54 Å². The SMILES string of the molecule is O=C(Cn1cc(/C=C2/SC(=O)N(c3ccccc3)C2=O)c2ccccc21)N1CCOCC1. The van der Waals surface area contributed by atoms with Crippen LogP contribution in [-0.4, -0.2) is 52.8 Å². The standard InChI is InChI=1S/C24H21N3O4S/c28-22(25-10-12-31-13-11-25)16-26-15-17(19-8-4-5-9-20(19)26)14-21-23(29)27(24(30)32-21)18-6-2-1-3-7-18/h1-9,14-15H,10-13,16H2/b21-14+. The maximum atomic E-state index is 13.0. The summed E-state index contributed by atoms with van der Waals surface area (Å²) in [7, 11) is 0. The molecule has 5 rings (SSSR count). The minimum absolute atomic E-state index is 0.0324. The molecule has 3 heterocycles. The number of fused-ring (bicyclic) bond motifs is 1. The number of hydrogen-bond acceptors (Lipinski definition) is 5. The minimum atomic E-state index is -0.340. The Morgan fingerprint density at radius 1 is 1.00 bits per heavy atom. The second-order valence-electron chi connectivity index (χ2n) is 7.58. The molecule has 32 heavy (non-hydrogen) atoms. The van der Waals surface area contributed by atoms with Crippen LogP contribution < -0.4 is 4.90 Å². The largest absolute Gasteiger partial charge is 0.378 e. The van der Waals surface area contributed by atoms with Crippen molar-refractivity contribution in [3.63, 3.8) is 0 Å². The number of imide groups is 1. The van der Waals surface area contributed by atoms with Gasteiger partial charge in [0.15, 0.2) is 0 Å². The van der Waals surface area contributed by atoms with E-state index in [0.717, 1.165) is 28.2 Å². The summed E-state index contributed by atoms with van der Waals surface area (Å²) >= 11 is 0.926. The smallest absolute Gasteiger partial charge is 0.298 e. The molecule has 1 aromatic heterocycles. The van der Waals surface area contributed by atoms with Gasteiger partial charge in [-0.15, -0.1) is 0 Å². The molecule has 0 N–H and O–H groups in total. The summed E-state index contributed by atoms with van der Waals surface area (Å²) in [4.78, 5) is 41.7. The van der Waals surface area contributed by atoms with Gasteiger partial charge in [0.25, 0.3) is 11.1 Å². The van der Waals surface area contributed by atoms with Gasteiger partial charge in [-0.3, -0.25) is 14.4 Å². The van der Waals surface area contributed by atoms with Crippen LogP contribution in [0.3, 0.4) is 0 Å². The molecule has 8 heteroatoms. The van der Waals surface area contributed by atoms with E-state index in [0.29, 0.717) is 36.9 Å². The Labute approximate surface area is 189 Å². The van der Waals surface area contributed by atoms with Crippen LogP contribution in [0.4, 0.5) is 10.5 Å². The number of para-hydroxylation sites is 2. The highest BCUT2D eigenvalue weighted by atomic mass is 32.2. The van der Waals surface area contributed by atoms with Gasteiger partial charge in [-0.2, -0.15) is 0 Å². The first-order chi connectivity index (χ1) is 15.6. The van der Waals surface area contributed by atoms with Crippen molar-refractivity contribution in [1.29, 1.82) is 0 Å². The lowest BCUT2D eigenvalue weighted by molar-refractivity contribution is -0.135. The van der Waals surface area contributed by atoms with Crippen molar-refractivity contribution in [3.05, 3.63) is 71.3 Å². The fourth-order valence-electron chi connectivity index (χ4n) is 3.99. The summed E-state index contributed by atoms with van der Waals surface area (Å²) in [5.41, 5.74) is 2.26. The normalized spacial score (nSPS) is 18.2. The molecule has 0 unspecified atom stereocenters. The third kappa shape index (κ3) is 3.83. The van der Waals surface area contributed by atoms with Gasteiger partial charge in [0.1, 0.15) is 6.54 Å². The number of thioether (sulfide) groups is 1. The van der Waals surface area contributed by atoms with E-state index in [2.05, 4.69) is 0 Å². The van der Waals surface area contributed by atoms with E-state index in [1.54, 1.807) is 30.3 Å². The third-order valence-corrected chi connectivity index (χ3v) is 6.45. The zero-order valence-corrected chi connectivity index (χ0v) is 18.1. The first-order valence-corrected chi connectivity index (χ1v) is 11.2. The average Bonchev–Trinajstić information content (AvgIpc) is 3.31. The Hall–Kier alpha value is -3.36. The highest BCUT2D eigenvalue weighted by molar-refractivity contribution is 8.19. The molecular formula is C24H21N3O4S. The van der Waals surface area contributed by atoms with E-state index in [9.17, 15) is 14.4 Å². The highest BCUT2D eigenvalue weighted by Crippen LogP contribution is 2.36. The van der Waals surface area contributed by atoms with E-state index in [4.69, 9.17) is 4.74 Å². The molecule has 2 saturated heterocycles. The topological polar surface area (TPSA) is 71.9 Å². The number of aromatic nitrogens is 1.